The summed E-state index contributed by atoms with van der Waals surface area (Å²) in [5.41, 5.74) is 6.20. The van der Waals surface area contributed by atoms with E-state index in [1.165, 1.54) is 29.0 Å². The second kappa shape index (κ2) is 8.55. The number of fused-ring (bicyclic) bond motifs is 3. The first-order valence-electron chi connectivity index (χ1n) is 11.1. The number of nitrogens with zero attached hydrogens (tertiary/aromatic N) is 3. The largest absolute Gasteiger partial charge is 0.272 e. The van der Waals surface area contributed by atoms with E-state index in [1.54, 1.807) is 22.8 Å². The van der Waals surface area contributed by atoms with Gasteiger partial charge in [0.15, 0.2) is 4.80 Å². The normalized spacial score (nSPS) is 16.8. The molecule has 0 radical (unpaired) electrons. The smallest absolute Gasteiger partial charge is 0.271 e. The van der Waals surface area contributed by atoms with Crippen molar-refractivity contribution in [2.24, 2.45) is 4.99 Å². The number of aryl methyl sites for hydroxylation is 1. The summed E-state index contributed by atoms with van der Waals surface area (Å²) in [5.74, 6) is 0. The van der Waals surface area contributed by atoms with Crippen LogP contribution in [-0.4, -0.2) is 9.49 Å². The molecular weight excluding hydrogens is 526 g/mol. The zero-order chi connectivity index (χ0) is 24.1. The molecule has 1 aliphatic heterocycles. The van der Waals surface area contributed by atoms with Gasteiger partial charge in [0, 0.05) is 22.2 Å². The van der Waals surface area contributed by atoms with E-state index >= 15 is 0 Å². The Hall–Kier alpha value is -3.62. The van der Waals surface area contributed by atoms with Gasteiger partial charge in [-0.05, 0) is 65.4 Å². The molecule has 3 aromatic carbocycles. The molecule has 8 heteroatoms. The molecule has 6 nitrogen and oxygen atoms in total. The maximum atomic E-state index is 13.7. The van der Waals surface area contributed by atoms with Crippen LogP contribution < -0.4 is 14.9 Å². The van der Waals surface area contributed by atoms with E-state index in [1.807, 2.05) is 18.2 Å². The summed E-state index contributed by atoms with van der Waals surface area (Å²) < 4.78 is 3.33. The number of nitro benzene ring substituents is 1. The molecule has 0 amide bonds. The molecule has 4 aromatic rings. The Balaban J connectivity index is 1.57. The van der Waals surface area contributed by atoms with Gasteiger partial charge in [-0.1, -0.05) is 63.7 Å². The van der Waals surface area contributed by atoms with E-state index in [9.17, 15) is 14.9 Å². The first-order valence-corrected chi connectivity index (χ1v) is 12.7. The van der Waals surface area contributed by atoms with Crippen LogP contribution >= 0.6 is 27.3 Å². The van der Waals surface area contributed by atoms with E-state index in [4.69, 9.17) is 4.99 Å². The minimum Gasteiger partial charge on any atom is -0.272 e. The summed E-state index contributed by atoms with van der Waals surface area (Å²) in [6, 6.07) is 22.4. The number of halogens is 1. The van der Waals surface area contributed by atoms with Gasteiger partial charge in [-0.2, -0.15) is 0 Å². The Morgan fingerprint density at radius 2 is 1.77 bits per heavy atom. The number of rotatable bonds is 3. The molecule has 0 bridgehead atoms. The SMILES string of the molecule is O=c1/c(=C/c2ccc([N+](=O)[O-])cc2)sc2n1[C@@H](c1ccc(Br)cc1)C1=C(N=2)c2ccccc2CC1. The maximum absolute atomic E-state index is 13.7. The first kappa shape index (κ1) is 21.9. The fourth-order valence-corrected chi connectivity index (χ4v) is 6.08. The number of benzene rings is 3. The predicted octanol–water partition coefficient (Wildman–Crippen LogP) is 4.99. The highest BCUT2D eigenvalue weighted by molar-refractivity contribution is 9.10. The fraction of sp³-hybridized carbons (Fsp3) is 0.111. The Labute approximate surface area is 212 Å². The third-order valence-electron chi connectivity index (χ3n) is 6.46. The molecule has 1 aromatic heterocycles. The van der Waals surface area contributed by atoms with Crippen molar-refractivity contribution in [3.63, 3.8) is 0 Å². The molecule has 6 rings (SSSR count). The molecule has 35 heavy (non-hydrogen) atoms. The fourth-order valence-electron chi connectivity index (χ4n) is 4.81. The summed E-state index contributed by atoms with van der Waals surface area (Å²) in [5, 5.41) is 11.0. The van der Waals surface area contributed by atoms with Crippen LogP contribution in [0.1, 0.15) is 34.7 Å². The van der Waals surface area contributed by atoms with Gasteiger partial charge in [-0.3, -0.25) is 19.5 Å². The quantitative estimate of drug-likeness (QED) is 0.270. The van der Waals surface area contributed by atoms with Crippen molar-refractivity contribution in [1.82, 2.24) is 4.57 Å². The summed E-state index contributed by atoms with van der Waals surface area (Å²) in [7, 11) is 0. The van der Waals surface area contributed by atoms with E-state index in [2.05, 4.69) is 46.3 Å². The first-order chi connectivity index (χ1) is 17.0. The lowest BCUT2D eigenvalue weighted by Gasteiger charge is -2.30. The van der Waals surface area contributed by atoms with Crippen LogP contribution in [0.15, 0.2) is 92.6 Å². The third-order valence-corrected chi connectivity index (χ3v) is 7.97. The number of aromatic nitrogens is 1. The second-order valence-corrected chi connectivity index (χ2v) is 10.4. The number of non-ortho nitro benzene ring substituents is 1. The highest BCUT2D eigenvalue weighted by Crippen LogP contribution is 2.41. The zero-order valence-electron chi connectivity index (χ0n) is 18.3. The van der Waals surface area contributed by atoms with Gasteiger partial charge in [0.2, 0.25) is 0 Å². The van der Waals surface area contributed by atoms with Gasteiger partial charge in [0.1, 0.15) is 0 Å². The van der Waals surface area contributed by atoms with Crippen molar-refractivity contribution >= 4 is 44.7 Å². The summed E-state index contributed by atoms with van der Waals surface area (Å²) in [6.45, 7) is 0. The highest BCUT2D eigenvalue weighted by atomic mass is 79.9. The molecule has 0 unspecified atom stereocenters. The van der Waals surface area contributed by atoms with Gasteiger partial charge in [0.05, 0.1) is 21.2 Å². The third kappa shape index (κ3) is 3.79. The van der Waals surface area contributed by atoms with Gasteiger partial charge in [0.25, 0.3) is 11.2 Å². The molecule has 1 aliphatic carbocycles. The van der Waals surface area contributed by atoms with E-state index in [0.717, 1.165) is 45.3 Å². The maximum Gasteiger partial charge on any atom is 0.271 e. The summed E-state index contributed by atoms with van der Waals surface area (Å²) >= 11 is 4.87. The van der Waals surface area contributed by atoms with Crippen molar-refractivity contribution in [1.29, 1.82) is 0 Å². The lowest BCUT2D eigenvalue weighted by Crippen LogP contribution is -2.38. The average Bonchev–Trinajstić information content (AvgIpc) is 3.18. The minimum absolute atomic E-state index is 0.0187. The number of nitro groups is 1. The van der Waals surface area contributed by atoms with Gasteiger partial charge < -0.3 is 0 Å². The minimum atomic E-state index is -0.432. The number of allylic oxidation sites excluding steroid dienone is 1. The topological polar surface area (TPSA) is 77.5 Å². The molecular formula is C27H18BrN3O3S. The second-order valence-electron chi connectivity index (χ2n) is 8.51. The Kier molecular flexibility index (Phi) is 5.35. The van der Waals surface area contributed by atoms with Crippen molar-refractivity contribution in [3.8, 4) is 0 Å². The van der Waals surface area contributed by atoms with E-state index in [-0.39, 0.29) is 17.3 Å². The van der Waals surface area contributed by atoms with Crippen LogP contribution in [0.25, 0.3) is 11.8 Å². The molecule has 172 valence electrons. The van der Waals surface area contributed by atoms with E-state index < -0.39 is 4.92 Å². The Bertz CT molecular complexity index is 1700. The van der Waals surface area contributed by atoms with Crippen LogP contribution in [0, 0.1) is 10.1 Å². The average molecular weight is 544 g/mol. The molecule has 2 heterocycles. The van der Waals surface area contributed by atoms with Crippen LogP contribution in [0.2, 0.25) is 0 Å². The standard InChI is InChI=1S/C27H18BrN3O3S/c28-19-10-7-18(8-11-19)25-22-14-9-17-3-1-2-4-21(17)24(22)29-27-30(25)26(32)23(35-27)15-16-5-12-20(13-6-16)31(33)34/h1-8,10-13,15,25H,9,14H2/b23-15-/t25-/m0/s1. The number of hydrogen-bond donors (Lipinski definition) is 0. The number of hydrogen-bond acceptors (Lipinski definition) is 5. The molecule has 1 atom stereocenters. The van der Waals surface area contributed by atoms with Crippen LogP contribution in [0.3, 0.4) is 0 Å². The highest BCUT2D eigenvalue weighted by Gasteiger charge is 2.32. The van der Waals surface area contributed by atoms with Gasteiger partial charge in [-0.15, -0.1) is 0 Å². The van der Waals surface area contributed by atoms with Crippen molar-refractivity contribution < 1.29 is 4.92 Å². The summed E-state index contributed by atoms with van der Waals surface area (Å²) in [6.07, 6.45) is 3.52. The van der Waals surface area contributed by atoms with Crippen LogP contribution in [0.4, 0.5) is 5.69 Å². The Morgan fingerprint density at radius 1 is 1.03 bits per heavy atom. The van der Waals surface area contributed by atoms with Gasteiger partial charge in [-0.25, -0.2) is 4.99 Å². The molecule has 0 saturated heterocycles. The molecule has 0 N–H and O–H groups in total. The van der Waals surface area contributed by atoms with Crippen molar-refractivity contribution in [3.05, 3.63) is 135 Å². The molecule has 0 saturated carbocycles. The number of thiazole rings is 1. The van der Waals surface area contributed by atoms with E-state index in [0.29, 0.717) is 9.33 Å². The molecule has 0 fully saturated rings. The lowest BCUT2D eigenvalue weighted by atomic mass is 9.83. The molecule has 0 spiro atoms. The Morgan fingerprint density at radius 3 is 2.51 bits per heavy atom. The van der Waals surface area contributed by atoms with Gasteiger partial charge >= 0.3 is 0 Å². The summed E-state index contributed by atoms with van der Waals surface area (Å²) in [4.78, 5) is 29.9. The van der Waals surface area contributed by atoms with Crippen LogP contribution in [-0.2, 0) is 6.42 Å². The monoisotopic (exact) mass is 543 g/mol. The molecule has 2 aliphatic rings. The predicted molar refractivity (Wildman–Crippen MR) is 140 cm³/mol. The van der Waals surface area contributed by atoms with Crippen LogP contribution in [0.5, 0.6) is 0 Å². The zero-order valence-corrected chi connectivity index (χ0v) is 20.8. The van der Waals surface area contributed by atoms with Crippen molar-refractivity contribution in [2.75, 3.05) is 0 Å². The van der Waals surface area contributed by atoms with Crippen molar-refractivity contribution in [2.45, 2.75) is 18.9 Å². The lowest BCUT2D eigenvalue weighted by molar-refractivity contribution is -0.384.